The van der Waals surface area contributed by atoms with Gasteiger partial charge in [-0.3, -0.25) is 0 Å². The standard InChI is InChI=1S/C13H20ClFN2O2S/c1-4-10(5-2)17-20(18,19)11-6-9(8-16-3)13(14)12(15)7-11/h6-7,10,16-17H,4-5,8H2,1-3H3. The highest BCUT2D eigenvalue weighted by molar-refractivity contribution is 7.89. The lowest BCUT2D eigenvalue weighted by Gasteiger charge is -2.16. The summed E-state index contributed by atoms with van der Waals surface area (Å²) in [6.07, 6.45) is 1.35. The van der Waals surface area contributed by atoms with Gasteiger partial charge in [0.05, 0.1) is 9.92 Å². The van der Waals surface area contributed by atoms with Crippen LogP contribution in [0.5, 0.6) is 0 Å². The summed E-state index contributed by atoms with van der Waals surface area (Å²) < 4.78 is 40.8. The number of rotatable bonds is 7. The topological polar surface area (TPSA) is 58.2 Å². The molecule has 4 nitrogen and oxygen atoms in total. The quantitative estimate of drug-likeness (QED) is 0.811. The second kappa shape index (κ2) is 7.36. The third kappa shape index (κ3) is 4.15. The molecule has 0 bridgehead atoms. The molecule has 0 aliphatic heterocycles. The summed E-state index contributed by atoms with van der Waals surface area (Å²) in [5, 5.41) is 2.77. The number of hydrogen-bond acceptors (Lipinski definition) is 3. The fourth-order valence-electron chi connectivity index (χ4n) is 1.84. The van der Waals surface area contributed by atoms with Gasteiger partial charge in [-0.1, -0.05) is 25.4 Å². The van der Waals surface area contributed by atoms with Crippen molar-refractivity contribution in [1.29, 1.82) is 0 Å². The summed E-state index contributed by atoms with van der Waals surface area (Å²) in [6.45, 7) is 4.08. The first-order valence-electron chi connectivity index (χ1n) is 6.50. The summed E-state index contributed by atoms with van der Waals surface area (Å²) >= 11 is 5.82. The van der Waals surface area contributed by atoms with Crippen LogP contribution in [0.2, 0.25) is 5.02 Å². The molecule has 1 aromatic carbocycles. The van der Waals surface area contributed by atoms with Crippen molar-refractivity contribution in [3.63, 3.8) is 0 Å². The van der Waals surface area contributed by atoms with Crippen molar-refractivity contribution in [2.45, 2.75) is 44.2 Å². The molecule has 1 aromatic rings. The van der Waals surface area contributed by atoms with E-state index < -0.39 is 15.8 Å². The fraction of sp³-hybridized carbons (Fsp3) is 0.538. The minimum Gasteiger partial charge on any atom is -0.316 e. The highest BCUT2D eigenvalue weighted by Crippen LogP contribution is 2.24. The monoisotopic (exact) mass is 322 g/mol. The Balaban J connectivity index is 3.18. The zero-order valence-electron chi connectivity index (χ0n) is 11.8. The van der Waals surface area contributed by atoms with E-state index >= 15 is 0 Å². The second-order valence-corrected chi connectivity index (χ2v) is 6.64. The zero-order valence-corrected chi connectivity index (χ0v) is 13.4. The molecule has 0 aliphatic rings. The molecule has 0 aromatic heterocycles. The van der Waals surface area contributed by atoms with Gasteiger partial charge in [-0.2, -0.15) is 0 Å². The van der Waals surface area contributed by atoms with Gasteiger partial charge in [-0.15, -0.1) is 0 Å². The molecule has 0 amide bonds. The Morgan fingerprint density at radius 2 is 1.90 bits per heavy atom. The van der Waals surface area contributed by atoms with E-state index in [1.165, 1.54) is 6.07 Å². The molecule has 1 rings (SSSR count). The van der Waals surface area contributed by atoms with Crippen LogP contribution in [0.1, 0.15) is 32.3 Å². The normalized spacial score (nSPS) is 12.1. The maximum atomic E-state index is 13.7. The minimum atomic E-state index is -3.74. The molecule has 0 atom stereocenters. The molecule has 0 aliphatic carbocycles. The highest BCUT2D eigenvalue weighted by Gasteiger charge is 2.21. The smallest absolute Gasteiger partial charge is 0.240 e. The van der Waals surface area contributed by atoms with Crippen molar-refractivity contribution >= 4 is 21.6 Å². The fourth-order valence-corrected chi connectivity index (χ4v) is 3.48. The average molecular weight is 323 g/mol. The minimum absolute atomic E-state index is 0.0548. The first-order valence-corrected chi connectivity index (χ1v) is 8.36. The van der Waals surface area contributed by atoms with Crippen LogP contribution in [-0.4, -0.2) is 21.5 Å². The number of benzene rings is 1. The third-order valence-electron chi connectivity index (χ3n) is 3.06. The van der Waals surface area contributed by atoms with E-state index in [1.807, 2.05) is 13.8 Å². The molecule has 0 fully saturated rings. The van der Waals surface area contributed by atoms with Crippen LogP contribution < -0.4 is 10.0 Å². The molecule has 0 saturated carbocycles. The Morgan fingerprint density at radius 1 is 1.30 bits per heavy atom. The lowest BCUT2D eigenvalue weighted by atomic mass is 10.2. The summed E-state index contributed by atoms with van der Waals surface area (Å²) in [7, 11) is -2.06. The van der Waals surface area contributed by atoms with Crippen molar-refractivity contribution in [2.75, 3.05) is 7.05 Å². The summed E-state index contributed by atoms with van der Waals surface area (Å²) in [6, 6.07) is 2.19. The second-order valence-electron chi connectivity index (χ2n) is 4.54. The van der Waals surface area contributed by atoms with Gasteiger partial charge in [0.25, 0.3) is 0 Å². The SMILES string of the molecule is CCC(CC)NS(=O)(=O)c1cc(F)c(Cl)c(CNC)c1. The van der Waals surface area contributed by atoms with Crippen LogP contribution in [0.4, 0.5) is 4.39 Å². The van der Waals surface area contributed by atoms with Crippen LogP contribution in [-0.2, 0) is 16.6 Å². The highest BCUT2D eigenvalue weighted by atomic mass is 35.5. The molecule has 0 radical (unpaired) electrons. The Hall–Kier alpha value is -0.690. The van der Waals surface area contributed by atoms with Crippen LogP contribution >= 0.6 is 11.6 Å². The van der Waals surface area contributed by atoms with Gasteiger partial charge in [-0.05, 0) is 37.6 Å². The first kappa shape index (κ1) is 17.4. The Labute approximate surface area is 124 Å². The van der Waals surface area contributed by atoms with E-state index in [1.54, 1.807) is 7.05 Å². The van der Waals surface area contributed by atoms with Gasteiger partial charge in [0, 0.05) is 12.6 Å². The summed E-state index contributed by atoms with van der Waals surface area (Å²) in [4.78, 5) is -0.100. The maximum Gasteiger partial charge on any atom is 0.240 e. The molecule has 114 valence electrons. The van der Waals surface area contributed by atoms with Crippen LogP contribution in [0.3, 0.4) is 0 Å². The predicted molar refractivity (Wildman–Crippen MR) is 78.9 cm³/mol. The van der Waals surface area contributed by atoms with E-state index in [2.05, 4.69) is 10.0 Å². The van der Waals surface area contributed by atoms with E-state index in [9.17, 15) is 12.8 Å². The molecule has 0 saturated heterocycles. The Bertz CT molecular complexity index is 560. The van der Waals surface area contributed by atoms with Crippen molar-refractivity contribution in [3.05, 3.63) is 28.5 Å². The first-order chi connectivity index (χ1) is 9.35. The number of sulfonamides is 1. The van der Waals surface area contributed by atoms with E-state index in [0.29, 0.717) is 24.9 Å². The number of hydrogen-bond donors (Lipinski definition) is 2. The van der Waals surface area contributed by atoms with Gasteiger partial charge in [-0.25, -0.2) is 17.5 Å². The molecule has 7 heteroatoms. The molecule has 0 unspecified atom stereocenters. The number of nitrogens with one attached hydrogen (secondary N) is 2. The van der Waals surface area contributed by atoms with Crippen LogP contribution in [0.25, 0.3) is 0 Å². The molecule has 0 heterocycles. The molecular formula is C13H20ClFN2O2S. The van der Waals surface area contributed by atoms with Crippen LogP contribution in [0.15, 0.2) is 17.0 Å². The Morgan fingerprint density at radius 3 is 2.40 bits per heavy atom. The van der Waals surface area contributed by atoms with E-state index in [-0.39, 0.29) is 16.0 Å². The Kier molecular flexibility index (Phi) is 6.39. The summed E-state index contributed by atoms with van der Waals surface area (Å²) in [5.41, 5.74) is 0.416. The molecule has 0 spiro atoms. The van der Waals surface area contributed by atoms with Gasteiger partial charge < -0.3 is 5.32 Å². The lowest BCUT2D eigenvalue weighted by Crippen LogP contribution is -2.34. The van der Waals surface area contributed by atoms with Crippen molar-refractivity contribution in [2.24, 2.45) is 0 Å². The van der Waals surface area contributed by atoms with Crippen molar-refractivity contribution in [1.82, 2.24) is 10.0 Å². The lowest BCUT2D eigenvalue weighted by molar-refractivity contribution is 0.528. The van der Waals surface area contributed by atoms with Gasteiger partial charge in [0.15, 0.2) is 0 Å². The maximum absolute atomic E-state index is 13.7. The predicted octanol–water partition coefficient (Wildman–Crippen LogP) is 2.67. The zero-order chi connectivity index (χ0) is 15.3. The summed E-state index contributed by atoms with van der Waals surface area (Å²) in [5.74, 6) is -0.732. The third-order valence-corrected chi connectivity index (χ3v) is 4.99. The van der Waals surface area contributed by atoms with E-state index in [4.69, 9.17) is 11.6 Å². The molecule has 2 N–H and O–H groups in total. The average Bonchev–Trinajstić information content (AvgIpc) is 2.41. The van der Waals surface area contributed by atoms with Gasteiger partial charge >= 0.3 is 0 Å². The van der Waals surface area contributed by atoms with E-state index in [0.717, 1.165) is 6.07 Å². The van der Waals surface area contributed by atoms with Crippen LogP contribution in [0, 0.1) is 5.82 Å². The largest absolute Gasteiger partial charge is 0.316 e. The van der Waals surface area contributed by atoms with Gasteiger partial charge in [0.1, 0.15) is 5.82 Å². The van der Waals surface area contributed by atoms with Crippen molar-refractivity contribution < 1.29 is 12.8 Å². The number of halogens is 2. The van der Waals surface area contributed by atoms with Crippen molar-refractivity contribution in [3.8, 4) is 0 Å². The molecular weight excluding hydrogens is 303 g/mol. The molecule has 20 heavy (non-hydrogen) atoms. The van der Waals surface area contributed by atoms with Gasteiger partial charge in [0.2, 0.25) is 10.0 Å².